The van der Waals surface area contributed by atoms with Gasteiger partial charge in [-0.3, -0.25) is 13.9 Å². The second kappa shape index (κ2) is 12.7. The summed E-state index contributed by atoms with van der Waals surface area (Å²) in [6, 6.07) is 18.0. The number of rotatable bonds is 11. The largest absolute Gasteiger partial charge is 0.354 e. The second-order valence-corrected chi connectivity index (χ2v) is 11.1. The highest BCUT2D eigenvalue weighted by Crippen LogP contribution is 2.25. The molecule has 7 nitrogen and oxygen atoms in total. The molecule has 0 heterocycles. The van der Waals surface area contributed by atoms with Crippen molar-refractivity contribution in [3.8, 4) is 0 Å². The Balaban J connectivity index is 2.00. The smallest absolute Gasteiger partial charge is 0.264 e. The fourth-order valence-electron chi connectivity index (χ4n) is 3.84. The summed E-state index contributed by atoms with van der Waals surface area (Å²) in [5, 5.41) is 2.79. The minimum Gasteiger partial charge on any atom is -0.354 e. The molecule has 0 spiro atoms. The number of anilines is 1. The first kappa shape index (κ1) is 28.8. The molecule has 0 unspecified atom stereocenters. The maximum atomic E-state index is 13.8. The van der Waals surface area contributed by atoms with Gasteiger partial charge in [0, 0.05) is 13.1 Å². The van der Waals surface area contributed by atoms with Crippen LogP contribution in [0.15, 0.2) is 77.7 Å². The van der Waals surface area contributed by atoms with Gasteiger partial charge in [0.2, 0.25) is 11.8 Å². The van der Waals surface area contributed by atoms with E-state index in [1.54, 1.807) is 43.3 Å². The maximum absolute atomic E-state index is 13.8. The molecule has 0 aliphatic heterocycles. The van der Waals surface area contributed by atoms with Crippen molar-refractivity contribution in [1.82, 2.24) is 10.2 Å². The van der Waals surface area contributed by atoms with Gasteiger partial charge in [-0.05, 0) is 69.2 Å². The standard InChI is InChI=1S/C29H34FN3O4S/c1-5-18-31-29(35)23(4)32(19-24-10-12-25(30)13-11-24)28(34)20-33(26-14-6-21(2)7-15-26)38(36,37)27-16-8-22(3)9-17-27/h6-17,23H,5,18-20H2,1-4H3,(H,31,35)/t23-/m0/s1. The number of carbonyl (C=O) groups excluding carboxylic acids is 2. The van der Waals surface area contributed by atoms with E-state index in [1.165, 1.54) is 41.3 Å². The van der Waals surface area contributed by atoms with Gasteiger partial charge in [0.15, 0.2) is 0 Å². The van der Waals surface area contributed by atoms with E-state index in [4.69, 9.17) is 0 Å². The third-order valence-electron chi connectivity index (χ3n) is 6.19. The zero-order chi connectivity index (χ0) is 27.9. The first-order chi connectivity index (χ1) is 18.0. The molecule has 0 saturated carbocycles. The van der Waals surface area contributed by atoms with Crippen LogP contribution in [0.25, 0.3) is 0 Å². The number of amides is 2. The maximum Gasteiger partial charge on any atom is 0.264 e. The summed E-state index contributed by atoms with van der Waals surface area (Å²) < 4.78 is 42.1. The van der Waals surface area contributed by atoms with E-state index < -0.39 is 34.3 Å². The van der Waals surface area contributed by atoms with Crippen LogP contribution in [-0.4, -0.2) is 44.3 Å². The summed E-state index contributed by atoms with van der Waals surface area (Å²) in [4.78, 5) is 28.0. The average molecular weight is 540 g/mol. The summed E-state index contributed by atoms with van der Waals surface area (Å²) in [5.74, 6) is -1.34. The molecule has 0 aliphatic carbocycles. The van der Waals surface area contributed by atoms with Gasteiger partial charge in [-0.2, -0.15) is 0 Å². The van der Waals surface area contributed by atoms with Crippen LogP contribution in [0.1, 0.15) is 37.0 Å². The Morgan fingerprint density at radius 2 is 1.45 bits per heavy atom. The monoisotopic (exact) mass is 539 g/mol. The Labute approximate surface area is 224 Å². The van der Waals surface area contributed by atoms with Crippen LogP contribution in [0.4, 0.5) is 10.1 Å². The van der Waals surface area contributed by atoms with Crippen molar-refractivity contribution in [2.45, 2.75) is 51.6 Å². The number of sulfonamides is 1. The number of carbonyl (C=O) groups is 2. The third-order valence-corrected chi connectivity index (χ3v) is 7.98. The van der Waals surface area contributed by atoms with E-state index >= 15 is 0 Å². The summed E-state index contributed by atoms with van der Waals surface area (Å²) >= 11 is 0. The molecule has 9 heteroatoms. The predicted molar refractivity (Wildman–Crippen MR) is 147 cm³/mol. The number of hydrogen-bond acceptors (Lipinski definition) is 4. The normalized spacial score (nSPS) is 12.0. The lowest BCUT2D eigenvalue weighted by Gasteiger charge is -2.32. The van der Waals surface area contributed by atoms with Crippen molar-refractivity contribution >= 4 is 27.5 Å². The van der Waals surface area contributed by atoms with Gasteiger partial charge in [0.1, 0.15) is 18.4 Å². The van der Waals surface area contributed by atoms with Crippen molar-refractivity contribution in [1.29, 1.82) is 0 Å². The van der Waals surface area contributed by atoms with Crippen LogP contribution in [0.5, 0.6) is 0 Å². The number of aryl methyl sites for hydroxylation is 2. The summed E-state index contributed by atoms with van der Waals surface area (Å²) in [6.07, 6.45) is 0.723. The molecular formula is C29H34FN3O4S. The lowest BCUT2D eigenvalue weighted by atomic mass is 10.1. The molecule has 0 radical (unpaired) electrons. The van der Waals surface area contributed by atoms with Gasteiger partial charge < -0.3 is 10.2 Å². The van der Waals surface area contributed by atoms with Gasteiger partial charge in [-0.25, -0.2) is 12.8 Å². The van der Waals surface area contributed by atoms with E-state index in [1.807, 2.05) is 20.8 Å². The SMILES string of the molecule is CCCNC(=O)[C@H](C)N(Cc1ccc(F)cc1)C(=O)CN(c1ccc(C)cc1)S(=O)(=O)c1ccc(C)cc1. The Hall–Kier alpha value is -3.72. The zero-order valence-electron chi connectivity index (χ0n) is 22.1. The topological polar surface area (TPSA) is 86.8 Å². The zero-order valence-corrected chi connectivity index (χ0v) is 23.0. The molecular weight excluding hydrogens is 505 g/mol. The molecule has 0 fully saturated rings. The number of benzene rings is 3. The molecule has 1 N–H and O–H groups in total. The first-order valence-electron chi connectivity index (χ1n) is 12.5. The molecule has 202 valence electrons. The van der Waals surface area contributed by atoms with Crippen LogP contribution in [0.3, 0.4) is 0 Å². The van der Waals surface area contributed by atoms with Gasteiger partial charge in [0.25, 0.3) is 10.0 Å². The highest BCUT2D eigenvalue weighted by Gasteiger charge is 2.32. The van der Waals surface area contributed by atoms with Gasteiger partial charge >= 0.3 is 0 Å². The van der Waals surface area contributed by atoms with Crippen molar-refractivity contribution < 1.29 is 22.4 Å². The lowest BCUT2D eigenvalue weighted by Crippen LogP contribution is -2.51. The van der Waals surface area contributed by atoms with Crippen LogP contribution in [0.2, 0.25) is 0 Å². The van der Waals surface area contributed by atoms with Crippen molar-refractivity contribution in [3.05, 3.63) is 95.3 Å². The van der Waals surface area contributed by atoms with E-state index in [-0.39, 0.29) is 17.3 Å². The average Bonchev–Trinajstić information content (AvgIpc) is 2.90. The van der Waals surface area contributed by atoms with Crippen molar-refractivity contribution in [2.24, 2.45) is 0 Å². The van der Waals surface area contributed by atoms with Crippen LogP contribution >= 0.6 is 0 Å². The quantitative estimate of drug-likeness (QED) is 0.387. The molecule has 0 aromatic heterocycles. The highest BCUT2D eigenvalue weighted by atomic mass is 32.2. The molecule has 38 heavy (non-hydrogen) atoms. The van der Waals surface area contributed by atoms with Crippen LogP contribution in [-0.2, 0) is 26.2 Å². The van der Waals surface area contributed by atoms with E-state index in [0.29, 0.717) is 17.8 Å². The van der Waals surface area contributed by atoms with Crippen molar-refractivity contribution in [2.75, 3.05) is 17.4 Å². The molecule has 3 rings (SSSR count). The Bertz CT molecular complexity index is 1340. The third kappa shape index (κ3) is 7.19. The highest BCUT2D eigenvalue weighted by molar-refractivity contribution is 7.92. The molecule has 0 bridgehead atoms. The second-order valence-electron chi connectivity index (χ2n) is 9.28. The lowest BCUT2D eigenvalue weighted by molar-refractivity contribution is -0.139. The Morgan fingerprint density at radius 3 is 2.00 bits per heavy atom. The molecule has 3 aromatic carbocycles. The Morgan fingerprint density at radius 1 is 0.895 bits per heavy atom. The summed E-state index contributed by atoms with van der Waals surface area (Å²) in [7, 11) is -4.12. The summed E-state index contributed by atoms with van der Waals surface area (Å²) in [5.41, 5.74) is 2.78. The summed E-state index contributed by atoms with van der Waals surface area (Å²) in [6.45, 7) is 7.18. The van der Waals surface area contributed by atoms with Crippen molar-refractivity contribution in [3.63, 3.8) is 0 Å². The molecule has 0 aliphatic rings. The number of nitrogens with one attached hydrogen (secondary N) is 1. The first-order valence-corrected chi connectivity index (χ1v) is 13.9. The fraction of sp³-hybridized carbons (Fsp3) is 0.310. The number of nitrogens with zero attached hydrogens (tertiary/aromatic N) is 2. The minimum atomic E-state index is -4.12. The van der Waals surface area contributed by atoms with Gasteiger partial charge in [-0.1, -0.05) is 54.4 Å². The van der Waals surface area contributed by atoms with Gasteiger partial charge in [0.05, 0.1) is 10.6 Å². The number of hydrogen-bond donors (Lipinski definition) is 1. The predicted octanol–water partition coefficient (Wildman–Crippen LogP) is 4.58. The minimum absolute atomic E-state index is 0.00609. The Kier molecular flexibility index (Phi) is 9.63. The van der Waals surface area contributed by atoms with Gasteiger partial charge in [-0.15, -0.1) is 0 Å². The van der Waals surface area contributed by atoms with E-state index in [9.17, 15) is 22.4 Å². The number of halogens is 1. The van der Waals surface area contributed by atoms with Crippen LogP contribution in [0, 0.1) is 19.7 Å². The fourth-order valence-corrected chi connectivity index (χ4v) is 5.26. The van der Waals surface area contributed by atoms with Crippen LogP contribution < -0.4 is 9.62 Å². The van der Waals surface area contributed by atoms with E-state index in [0.717, 1.165) is 21.9 Å². The molecule has 1 atom stereocenters. The van der Waals surface area contributed by atoms with E-state index in [2.05, 4.69) is 5.32 Å². The molecule has 3 aromatic rings. The molecule has 0 saturated heterocycles. The molecule has 2 amide bonds.